The molecule has 0 unspecified atom stereocenters. The minimum absolute atomic E-state index is 0.196. The van der Waals surface area contributed by atoms with Crippen LogP contribution in [-0.2, 0) is 10.0 Å². The number of hydrogen-bond acceptors (Lipinski definition) is 4. The van der Waals surface area contributed by atoms with Gasteiger partial charge in [0.1, 0.15) is 0 Å². The summed E-state index contributed by atoms with van der Waals surface area (Å²) >= 11 is 0. The number of nitrogens with zero attached hydrogens (tertiary/aromatic N) is 1. The van der Waals surface area contributed by atoms with Crippen LogP contribution in [0, 0.1) is 11.3 Å². The van der Waals surface area contributed by atoms with E-state index in [1.54, 1.807) is 42.5 Å². The fraction of sp³-hybridized carbons (Fsp3) is 0.200. The van der Waals surface area contributed by atoms with Crippen LogP contribution in [0.15, 0.2) is 64.7 Å². The molecule has 1 aromatic heterocycles. The highest BCUT2D eigenvalue weighted by Crippen LogP contribution is 2.26. The Hall–Kier alpha value is -3.33. The first-order valence-corrected chi connectivity index (χ1v) is 10.6. The van der Waals surface area contributed by atoms with Crippen LogP contribution in [0.3, 0.4) is 0 Å². The van der Waals surface area contributed by atoms with Crippen LogP contribution in [0.1, 0.15) is 25.8 Å². The zero-order chi connectivity index (χ0) is 21.0. The molecule has 0 radical (unpaired) electrons. The standard InChI is InChI=1S/C20H24N6O2S/c1-13(2)10-19(24-25-20(21)22)17-12-23-18-9-8-14(11-16(17)18)26-29(27,28)15-6-4-3-5-7-15/h3-9,11-13,23,26H,10H2,1-2H3,(H4,21,22,25)/b24-19+. The van der Waals surface area contributed by atoms with Gasteiger partial charge in [0.05, 0.1) is 10.6 Å². The van der Waals surface area contributed by atoms with Gasteiger partial charge in [-0.05, 0) is 42.7 Å². The molecule has 0 aliphatic carbocycles. The molecule has 152 valence electrons. The summed E-state index contributed by atoms with van der Waals surface area (Å²) in [6, 6.07) is 13.5. The van der Waals surface area contributed by atoms with Gasteiger partial charge in [-0.1, -0.05) is 32.0 Å². The fourth-order valence-corrected chi connectivity index (χ4v) is 4.04. The van der Waals surface area contributed by atoms with Crippen molar-refractivity contribution in [1.82, 2.24) is 10.4 Å². The van der Waals surface area contributed by atoms with Crippen molar-refractivity contribution in [3.8, 4) is 0 Å². The van der Waals surface area contributed by atoms with Crippen LogP contribution in [0.4, 0.5) is 5.69 Å². The van der Waals surface area contributed by atoms with E-state index in [0.29, 0.717) is 18.0 Å². The lowest BCUT2D eigenvalue weighted by Gasteiger charge is -2.11. The third kappa shape index (κ3) is 4.94. The van der Waals surface area contributed by atoms with E-state index in [1.807, 2.05) is 12.3 Å². The minimum Gasteiger partial charge on any atom is -0.369 e. The second-order valence-corrected chi connectivity index (χ2v) is 8.75. The van der Waals surface area contributed by atoms with E-state index in [0.717, 1.165) is 22.2 Å². The Morgan fingerprint density at radius 1 is 1.21 bits per heavy atom. The van der Waals surface area contributed by atoms with Crippen LogP contribution in [-0.4, -0.2) is 25.1 Å². The Bertz CT molecular complexity index is 1150. The van der Waals surface area contributed by atoms with E-state index in [2.05, 4.69) is 34.1 Å². The Kier molecular flexibility index (Phi) is 5.88. The summed E-state index contributed by atoms with van der Waals surface area (Å²) in [7, 11) is -3.69. The number of nitrogens with one attached hydrogen (secondary N) is 4. The number of nitrogens with two attached hydrogens (primary N) is 1. The smallest absolute Gasteiger partial charge is 0.261 e. The predicted octanol–water partition coefficient (Wildman–Crippen LogP) is 3.20. The van der Waals surface area contributed by atoms with Gasteiger partial charge in [-0.3, -0.25) is 10.1 Å². The highest BCUT2D eigenvalue weighted by atomic mass is 32.2. The molecule has 0 bridgehead atoms. The van der Waals surface area contributed by atoms with Crippen LogP contribution >= 0.6 is 0 Å². The SMILES string of the molecule is CC(C)C/C(=N\NC(=N)N)c1c[nH]c2ccc(NS(=O)(=O)c3ccccc3)cc12. The first-order valence-electron chi connectivity index (χ1n) is 9.12. The van der Waals surface area contributed by atoms with Gasteiger partial charge in [-0.15, -0.1) is 0 Å². The summed E-state index contributed by atoms with van der Waals surface area (Å²) in [5.41, 5.74) is 10.7. The van der Waals surface area contributed by atoms with Crippen LogP contribution in [0.2, 0.25) is 0 Å². The molecule has 0 fully saturated rings. The molecular weight excluding hydrogens is 388 g/mol. The minimum atomic E-state index is -3.69. The predicted molar refractivity (Wildman–Crippen MR) is 117 cm³/mol. The molecule has 3 rings (SSSR count). The highest BCUT2D eigenvalue weighted by molar-refractivity contribution is 7.92. The lowest BCUT2D eigenvalue weighted by Crippen LogP contribution is -2.27. The number of anilines is 1. The molecule has 0 amide bonds. The summed E-state index contributed by atoms with van der Waals surface area (Å²) in [4.78, 5) is 3.38. The molecule has 0 aliphatic heterocycles. The summed E-state index contributed by atoms with van der Waals surface area (Å²) < 4.78 is 27.9. The molecule has 0 saturated carbocycles. The number of sulfonamides is 1. The van der Waals surface area contributed by atoms with Crippen molar-refractivity contribution < 1.29 is 8.42 Å². The Labute approximate surface area is 169 Å². The molecule has 0 atom stereocenters. The van der Waals surface area contributed by atoms with E-state index >= 15 is 0 Å². The third-order valence-electron chi connectivity index (χ3n) is 4.21. The molecule has 6 N–H and O–H groups in total. The van der Waals surface area contributed by atoms with E-state index in [9.17, 15) is 8.42 Å². The summed E-state index contributed by atoms with van der Waals surface area (Å²) in [5.74, 6) is 0.0784. The Morgan fingerprint density at radius 2 is 1.93 bits per heavy atom. The molecular formula is C20H24N6O2S. The van der Waals surface area contributed by atoms with Crippen molar-refractivity contribution in [1.29, 1.82) is 5.41 Å². The van der Waals surface area contributed by atoms with E-state index < -0.39 is 10.0 Å². The van der Waals surface area contributed by atoms with Gasteiger partial charge in [-0.2, -0.15) is 5.10 Å². The summed E-state index contributed by atoms with van der Waals surface area (Å²) in [6.45, 7) is 4.13. The maximum Gasteiger partial charge on any atom is 0.261 e. The van der Waals surface area contributed by atoms with Crippen LogP contribution in [0.5, 0.6) is 0 Å². The van der Waals surface area contributed by atoms with Crippen molar-refractivity contribution >= 4 is 38.3 Å². The van der Waals surface area contributed by atoms with Gasteiger partial charge >= 0.3 is 0 Å². The van der Waals surface area contributed by atoms with Crippen molar-refractivity contribution in [3.63, 3.8) is 0 Å². The first kappa shape index (κ1) is 20.4. The average molecular weight is 413 g/mol. The number of fused-ring (bicyclic) bond motifs is 1. The maximum atomic E-state index is 12.6. The van der Waals surface area contributed by atoms with Crippen molar-refractivity contribution in [2.45, 2.75) is 25.2 Å². The largest absolute Gasteiger partial charge is 0.369 e. The normalized spacial score (nSPS) is 12.3. The zero-order valence-corrected chi connectivity index (χ0v) is 17.0. The van der Waals surface area contributed by atoms with Gasteiger partial charge in [0.25, 0.3) is 10.0 Å². The van der Waals surface area contributed by atoms with Crippen LogP contribution in [0.25, 0.3) is 10.9 Å². The van der Waals surface area contributed by atoms with Gasteiger partial charge in [0.15, 0.2) is 0 Å². The number of aromatic nitrogens is 1. The Morgan fingerprint density at radius 3 is 2.59 bits per heavy atom. The number of aromatic amines is 1. The van der Waals surface area contributed by atoms with Gasteiger partial charge < -0.3 is 10.7 Å². The van der Waals surface area contributed by atoms with E-state index in [4.69, 9.17) is 11.1 Å². The van der Waals surface area contributed by atoms with Crippen molar-refractivity contribution in [2.75, 3.05) is 4.72 Å². The second kappa shape index (κ2) is 8.36. The lowest BCUT2D eigenvalue weighted by atomic mass is 10.00. The molecule has 8 nitrogen and oxygen atoms in total. The molecule has 0 spiro atoms. The third-order valence-corrected chi connectivity index (χ3v) is 5.61. The van der Waals surface area contributed by atoms with Gasteiger partial charge in [-0.25, -0.2) is 13.8 Å². The molecule has 0 saturated heterocycles. The number of hydrazone groups is 1. The molecule has 3 aromatic rings. The monoisotopic (exact) mass is 412 g/mol. The number of benzene rings is 2. The number of hydrogen-bond donors (Lipinski definition) is 5. The summed E-state index contributed by atoms with van der Waals surface area (Å²) in [6.07, 6.45) is 2.48. The summed E-state index contributed by atoms with van der Waals surface area (Å²) in [5, 5.41) is 12.4. The van der Waals surface area contributed by atoms with Gasteiger partial charge in [0.2, 0.25) is 5.96 Å². The maximum absolute atomic E-state index is 12.6. The lowest BCUT2D eigenvalue weighted by molar-refractivity contribution is 0.601. The Balaban J connectivity index is 1.99. The zero-order valence-electron chi connectivity index (χ0n) is 16.2. The molecule has 0 aliphatic rings. The fourth-order valence-electron chi connectivity index (χ4n) is 2.97. The number of guanidine groups is 1. The van der Waals surface area contributed by atoms with Gasteiger partial charge in [0, 0.05) is 28.4 Å². The average Bonchev–Trinajstić information content (AvgIpc) is 3.08. The van der Waals surface area contributed by atoms with Crippen LogP contribution < -0.4 is 15.9 Å². The number of rotatable bonds is 7. The molecule has 9 heteroatoms. The molecule has 2 aromatic carbocycles. The van der Waals surface area contributed by atoms with Crippen molar-refractivity contribution in [2.24, 2.45) is 16.8 Å². The van der Waals surface area contributed by atoms with E-state index in [1.165, 1.54) is 0 Å². The second-order valence-electron chi connectivity index (χ2n) is 7.06. The highest BCUT2D eigenvalue weighted by Gasteiger charge is 2.16. The van der Waals surface area contributed by atoms with Crippen molar-refractivity contribution in [3.05, 3.63) is 60.3 Å². The first-order chi connectivity index (χ1) is 13.8. The number of H-pyrrole nitrogens is 1. The van der Waals surface area contributed by atoms with E-state index in [-0.39, 0.29) is 10.9 Å². The quantitative estimate of drug-likeness (QED) is 0.231. The topological polar surface area (TPSA) is 136 Å². The molecule has 29 heavy (non-hydrogen) atoms. The molecule has 1 heterocycles.